The van der Waals surface area contributed by atoms with E-state index in [1.54, 1.807) is 11.3 Å². The lowest BCUT2D eigenvalue weighted by Crippen LogP contribution is -2.40. The first kappa shape index (κ1) is 18.8. The van der Waals surface area contributed by atoms with Gasteiger partial charge in [0, 0.05) is 31.1 Å². The van der Waals surface area contributed by atoms with E-state index in [9.17, 15) is 4.79 Å². The highest BCUT2D eigenvalue weighted by Crippen LogP contribution is 2.29. The molecular weight excluding hydrogens is 394 g/mol. The summed E-state index contributed by atoms with van der Waals surface area (Å²) in [7, 11) is 0. The molecule has 5 rings (SSSR count). The number of hydrogen-bond acceptors (Lipinski definition) is 5. The number of rotatable bonds is 5. The summed E-state index contributed by atoms with van der Waals surface area (Å²) in [6.07, 6.45) is 3.67. The number of imidazole rings is 1. The Bertz CT molecular complexity index is 1100. The van der Waals surface area contributed by atoms with Gasteiger partial charge in [0.1, 0.15) is 0 Å². The molecule has 0 aliphatic carbocycles. The number of amides is 1. The number of benzene rings is 2. The summed E-state index contributed by atoms with van der Waals surface area (Å²) in [5.74, 6) is 0.221. The molecule has 152 valence electrons. The van der Waals surface area contributed by atoms with Crippen LogP contribution in [0, 0.1) is 5.92 Å². The Balaban J connectivity index is 1.18. The molecule has 1 N–H and O–H groups in total. The van der Waals surface area contributed by atoms with Crippen LogP contribution in [0.5, 0.6) is 0 Å². The number of carbonyl (C=O) groups is 1. The first-order valence-corrected chi connectivity index (χ1v) is 11.1. The van der Waals surface area contributed by atoms with Crippen LogP contribution in [0.4, 0.5) is 5.13 Å². The third-order valence-electron chi connectivity index (χ3n) is 5.55. The van der Waals surface area contributed by atoms with Crippen LogP contribution in [0.15, 0.2) is 66.9 Å². The monoisotopic (exact) mass is 417 g/mol. The van der Waals surface area contributed by atoms with Crippen LogP contribution >= 0.6 is 11.3 Å². The fraction of sp³-hybridized carbons (Fsp3) is 0.261. The van der Waals surface area contributed by atoms with Crippen LogP contribution in [0.25, 0.3) is 16.2 Å². The maximum Gasteiger partial charge on any atom is 0.223 e. The Hall–Kier alpha value is -3.19. The molecule has 1 aliphatic rings. The van der Waals surface area contributed by atoms with Gasteiger partial charge in [0.05, 0.1) is 11.9 Å². The van der Waals surface area contributed by atoms with Crippen molar-refractivity contribution in [3.8, 4) is 11.3 Å². The van der Waals surface area contributed by atoms with Gasteiger partial charge < -0.3 is 10.2 Å². The number of fused-ring (bicyclic) bond motifs is 1. The van der Waals surface area contributed by atoms with E-state index in [0.717, 1.165) is 52.8 Å². The smallest absolute Gasteiger partial charge is 0.223 e. The summed E-state index contributed by atoms with van der Waals surface area (Å²) in [5.41, 5.74) is 3.16. The summed E-state index contributed by atoms with van der Waals surface area (Å²) >= 11 is 1.60. The lowest BCUT2D eigenvalue weighted by atomic mass is 9.96. The van der Waals surface area contributed by atoms with E-state index in [4.69, 9.17) is 10.1 Å². The van der Waals surface area contributed by atoms with Gasteiger partial charge in [-0.25, -0.2) is 9.50 Å². The topological polar surface area (TPSA) is 62.5 Å². The van der Waals surface area contributed by atoms with Crippen molar-refractivity contribution < 1.29 is 4.79 Å². The van der Waals surface area contributed by atoms with E-state index < -0.39 is 0 Å². The maximum atomic E-state index is 12.5. The maximum absolute atomic E-state index is 12.5. The van der Waals surface area contributed by atoms with Crippen LogP contribution in [0.3, 0.4) is 0 Å². The van der Waals surface area contributed by atoms with E-state index in [1.807, 2.05) is 59.2 Å². The van der Waals surface area contributed by atoms with Gasteiger partial charge in [0.25, 0.3) is 0 Å². The Morgan fingerprint density at radius 1 is 1.03 bits per heavy atom. The van der Waals surface area contributed by atoms with Crippen molar-refractivity contribution in [2.75, 3.05) is 18.0 Å². The minimum absolute atomic E-state index is 0.0682. The average molecular weight is 418 g/mol. The van der Waals surface area contributed by atoms with Gasteiger partial charge in [-0.2, -0.15) is 0 Å². The molecule has 0 atom stereocenters. The molecule has 1 amide bonds. The average Bonchev–Trinajstić information content (AvgIpc) is 3.39. The van der Waals surface area contributed by atoms with Gasteiger partial charge in [-0.3, -0.25) is 4.79 Å². The van der Waals surface area contributed by atoms with Crippen molar-refractivity contribution in [3.63, 3.8) is 0 Å². The summed E-state index contributed by atoms with van der Waals surface area (Å²) in [6.45, 7) is 2.27. The third kappa shape index (κ3) is 3.93. The summed E-state index contributed by atoms with van der Waals surface area (Å²) < 4.78 is 1.86. The Kier molecular flexibility index (Phi) is 5.19. The SMILES string of the molecule is O=C(NCc1ccccc1)C1CCN(c2nn3cc(-c4ccccc4)nc3s2)CC1. The van der Waals surface area contributed by atoms with Gasteiger partial charge in [-0.1, -0.05) is 72.0 Å². The highest BCUT2D eigenvalue weighted by atomic mass is 32.1. The van der Waals surface area contributed by atoms with E-state index in [0.29, 0.717) is 6.54 Å². The first-order valence-electron chi connectivity index (χ1n) is 10.2. The number of anilines is 1. The van der Waals surface area contributed by atoms with Gasteiger partial charge in [0.15, 0.2) is 0 Å². The van der Waals surface area contributed by atoms with Crippen LogP contribution < -0.4 is 10.2 Å². The van der Waals surface area contributed by atoms with Gasteiger partial charge in [0.2, 0.25) is 16.0 Å². The van der Waals surface area contributed by atoms with Crippen molar-refractivity contribution in [2.45, 2.75) is 19.4 Å². The quantitative estimate of drug-likeness (QED) is 0.533. The predicted molar refractivity (Wildman–Crippen MR) is 120 cm³/mol. The fourth-order valence-electron chi connectivity index (χ4n) is 3.83. The molecule has 0 unspecified atom stereocenters. The molecule has 6 nitrogen and oxygen atoms in total. The van der Waals surface area contributed by atoms with Crippen molar-refractivity contribution >= 4 is 27.3 Å². The van der Waals surface area contributed by atoms with Crippen LogP contribution in [0.1, 0.15) is 18.4 Å². The molecule has 0 spiro atoms. The second-order valence-corrected chi connectivity index (χ2v) is 8.50. The molecule has 0 saturated carbocycles. The second kappa shape index (κ2) is 8.28. The minimum Gasteiger partial charge on any atom is -0.352 e. The number of nitrogens with one attached hydrogen (secondary N) is 1. The number of piperidine rings is 1. The molecule has 2 aromatic carbocycles. The van der Waals surface area contributed by atoms with E-state index in [-0.39, 0.29) is 11.8 Å². The van der Waals surface area contributed by atoms with Crippen molar-refractivity contribution in [1.29, 1.82) is 0 Å². The van der Waals surface area contributed by atoms with Gasteiger partial charge in [-0.15, -0.1) is 5.10 Å². The highest BCUT2D eigenvalue weighted by Gasteiger charge is 2.26. The summed E-state index contributed by atoms with van der Waals surface area (Å²) in [6, 6.07) is 20.2. The molecular formula is C23H23N5OS. The lowest BCUT2D eigenvalue weighted by molar-refractivity contribution is -0.125. The Morgan fingerprint density at radius 3 is 2.43 bits per heavy atom. The Morgan fingerprint density at radius 2 is 1.73 bits per heavy atom. The zero-order valence-electron chi connectivity index (χ0n) is 16.6. The molecule has 0 radical (unpaired) electrons. The minimum atomic E-state index is 0.0682. The van der Waals surface area contributed by atoms with Crippen molar-refractivity contribution in [3.05, 3.63) is 72.4 Å². The summed E-state index contributed by atoms with van der Waals surface area (Å²) in [4.78, 5) is 20.4. The number of nitrogens with zero attached hydrogens (tertiary/aromatic N) is 4. The standard InChI is InChI=1S/C23H23N5OS/c29-21(24-15-17-7-3-1-4-8-17)19-11-13-27(14-12-19)23-26-28-16-20(25-22(28)30-23)18-9-5-2-6-10-18/h1-10,16,19H,11-15H2,(H,24,29). The molecule has 1 saturated heterocycles. The lowest BCUT2D eigenvalue weighted by Gasteiger charge is -2.30. The molecule has 1 aliphatic heterocycles. The van der Waals surface area contributed by atoms with E-state index in [1.165, 1.54) is 0 Å². The molecule has 30 heavy (non-hydrogen) atoms. The first-order chi connectivity index (χ1) is 14.8. The molecule has 7 heteroatoms. The zero-order chi connectivity index (χ0) is 20.3. The van der Waals surface area contributed by atoms with Gasteiger partial charge in [-0.05, 0) is 18.4 Å². The Labute approximate surface area is 179 Å². The third-order valence-corrected chi connectivity index (χ3v) is 6.53. The highest BCUT2D eigenvalue weighted by molar-refractivity contribution is 7.20. The largest absolute Gasteiger partial charge is 0.352 e. The fourth-order valence-corrected chi connectivity index (χ4v) is 4.76. The predicted octanol–water partition coefficient (Wildman–Crippen LogP) is 3.99. The van der Waals surface area contributed by atoms with Gasteiger partial charge >= 0.3 is 0 Å². The molecule has 1 fully saturated rings. The zero-order valence-corrected chi connectivity index (χ0v) is 17.4. The van der Waals surface area contributed by atoms with Crippen LogP contribution in [-0.2, 0) is 11.3 Å². The molecule has 4 aromatic rings. The van der Waals surface area contributed by atoms with Crippen LogP contribution in [0.2, 0.25) is 0 Å². The van der Waals surface area contributed by atoms with Crippen molar-refractivity contribution in [1.82, 2.24) is 19.9 Å². The number of hydrogen-bond donors (Lipinski definition) is 1. The number of aromatic nitrogens is 3. The summed E-state index contributed by atoms with van der Waals surface area (Å²) in [5, 5.41) is 8.78. The molecule has 2 aromatic heterocycles. The molecule has 3 heterocycles. The van der Waals surface area contributed by atoms with Crippen LogP contribution in [-0.4, -0.2) is 33.6 Å². The van der Waals surface area contributed by atoms with Crippen molar-refractivity contribution in [2.24, 2.45) is 5.92 Å². The second-order valence-electron chi connectivity index (χ2n) is 7.57. The van der Waals surface area contributed by atoms with E-state index in [2.05, 4.69) is 22.3 Å². The normalized spacial score (nSPS) is 14.9. The van der Waals surface area contributed by atoms with E-state index >= 15 is 0 Å². The number of carbonyl (C=O) groups excluding carboxylic acids is 1. The molecule has 0 bridgehead atoms.